The van der Waals surface area contributed by atoms with Gasteiger partial charge in [0.05, 0.1) is 21.0 Å². The topological polar surface area (TPSA) is 64.9 Å². The van der Waals surface area contributed by atoms with Crippen LogP contribution in [0.1, 0.15) is 31.1 Å². The summed E-state index contributed by atoms with van der Waals surface area (Å²) in [6, 6.07) is 3.79. The van der Waals surface area contributed by atoms with Crippen LogP contribution in [-0.4, -0.2) is 29.0 Å². The molecule has 0 amide bonds. The molecule has 1 saturated carbocycles. The number of nitrogens with one attached hydrogen (secondary N) is 1. The van der Waals surface area contributed by atoms with Crippen LogP contribution in [0.3, 0.4) is 0 Å². The van der Waals surface area contributed by atoms with Gasteiger partial charge in [0.25, 0.3) is 0 Å². The standard InChI is InChI=1S/C17H18ClN3O2S/c1-3-17(11-6-7-12(18)24-11)10-8-19-21(2)15(10)20-14(9-4-5-9)13(17)16(22)23/h6-9,19H,3-5H2,1-2H3,(H,22,23). The predicted molar refractivity (Wildman–Crippen MR) is 95.1 cm³/mol. The van der Waals surface area contributed by atoms with E-state index in [1.165, 1.54) is 11.3 Å². The molecule has 7 heteroatoms. The average molecular weight is 364 g/mol. The number of fused-ring (bicyclic) bond motifs is 1. The Morgan fingerprint density at radius 2 is 2.29 bits per heavy atom. The minimum absolute atomic E-state index is 0.250. The monoisotopic (exact) mass is 363 g/mol. The number of likely N-dealkylation sites (N-methyl/N-ethyl adjacent to an activating group) is 1. The number of allylic oxidation sites excluding steroid dienone is 1. The van der Waals surface area contributed by atoms with Gasteiger partial charge in [-0.25, -0.2) is 9.79 Å². The summed E-state index contributed by atoms with van der Waals surface area (Å²) in [6.07, 6.45) is 4.53. The van der Waals surface area contributed by atoms with Crippen molar-refractivity contribution in [1.29, 1.82) is 0 Å². The van der Waals surface area contributed by atoms with Gasteiger partial charge in [0, 0.05) is 29.6 Å². The summed E-state index contributed by atoms with van der Waals surface area (Å²) in [7, 11) is 1.90. The maximum Gasteiger partial charge on any atom is 0.334 e. The Bertz CT molecular complexity index is 822. The van der Waals surface area contributed by atoms with Crippen molar-refractivity contribution in [2.45, 2.75) is 31.6 Å². The number of hydrogen-bond donors (Lipinski definition) is 2. The fourth-order valence-corrected chi connectivity index (χ4v) is 5.05. The third kappa shape index (κ3) is 2.06. The SMILES string of the molecule is CCC1(c2ccc(Cl)s2)C2=CNN(C)C2=NC(C2CC2)=C1C(=O)O. The maximum atomic E-state index is 12.3. The molecule has 0 saturated heterocycles. The van der Waals surface area contributed by atoms with Crippen LogP contribution >= 0.6 is 22.9 Å². The Kier molecular flexibility index (Phi) is 3.51. The van der Waals surface area contributed by atoms with E-state index < -0.39 is 11.4 Å². The van der Waals surface area contributed by atoms with Crippen LogP contribution in [0.5, 0.6) is 0 Å². The second kappa shape index (κ2) is 5.36. The summed E-state index contributed by atoms with van der Waals surface area (Å²) >= 11 is 7.64. The highest BCUT2D eigenvalue weighted by Gasteiger charge is 2.52. The molecule has 1 fully saturated rings. The second-order valence-corrected chi connectivity index (χ2v) is 8.10. The molecule has 1 aromatic heterocycles. The van der Waals surface area contributed by atoms with E-state index in [9.17, 15) is 9.90 Å². The number of carboxylic acid groups (broad SMARTS) is 1. The Morgan fingerprint density at radius 1 is 1.54 bits per heavy atom. The first-order valence-electron chi connectivity index (χ1n) is 8.02. The summed E-state index contributed by atoms with van der Waals surface area (Å²) in [6.45, 7) is 2.03. The van der Waals surface area contributed by atoms with Gasteiger partial charge in [0.15, 0.2) is 5.84 Å². The summed E-state index contributed by atoms with van der Waals surface area (Å²) in [5.41, 5.74) is 4.51. The van der Waals surface area contributed by atoms with Crippen molar-refractivity contribution in [2.24, 2.45) is 10.9 Å². The normalized spacial score (nSPS) is 26.0. The largest absolute Gasteiger partial charge is 0.478 e. The Balaban J connectivity index is 2.04. The van der Waals surface area contributed by atoms with Gasteiger partial charge in [-0.3, -0.25) is 5.01 Å². The van der Waals surface area contributed by atoms with Gasteiger partial charge in [-0.2, -0.15) is 0 Å². The molecule has 0 radical (unpaired) electrons. The van der Waals surface area contributed by atoms with Crippen LogP contribution in [0.2, 0.25) is 4.34 Å². The number of rotatable bonds is 4. The molecular weight excluding hydrogens is 346 g/mol. The van der Waals surface area contributed by atoms with Crippen LogP contribution in [-0.2, 0) is 10.2 Å². The number of thiophene rings is 1. The third-order valence-corrected chi connectivity index (χ3v) is 6.43. The number of carbonyl (C=O) groups is 1. The number of nitrogens with zero attached hydrogens (tertiary/aromatic N) is 2. The van der Waals surface area contributed by atoms with Gasteiger partial charge in [-0.15, -0.1) is 11.3 Å². The average Bonchev–Trinajstić information content (AvgIpc) is 3.21. The molecule has 24 heavy (non-hydrogen) atoms. The lowest BCUT2D eigenvalue weighted by atomic mass is 9.67. The number of hydrogen-bond acceptors (Lipinski definition) is 5. The summed E-state index contributed by atoms with van der Waals surface area (Å²) in [5, 5.41) is 11.9. The fraction of sp³-hybridized carbons (Fsp3) is 0.412. The van der Waals surface area contributed by atoms with Crippen LogP contribution in [0.15, 0.2) is 40.2 Å². The molecule has 5 nitrogen and oxygen atoms in total. The van der Waals surface area contributed by atoms with Crippen molar-refractivity contribution < 1.29 is 9.90 Å². The number of carboxylic acids is 1. The molecule has 126 valence electrons. The molecule has 1 aliphatic carbocycles. The smallest absolute Gasteiger partial charge is 0.334 e. The van der Waals surface area contributed by atoms with E-state index in [-0.39, 0.29) is 5.92 Å². The zero-order valence-electron chi connectivity index (χ0n) is 13.5. The molecule has 1 aromatic rings. The van der Waals surface area contributed by atoms with Crippen molar-refractivity contribution in [3.05, 3.63) is 44.4 Å². The molecule has 0 aromatic carbocycles. The van der Waals surface area contributed by atoms with E-state index in [1.807, 2.05) is 37.3 Å². The van der Waals surface area contributed by atoms with Gasteiger partial charge in [-0.05, 0) is 31.4 Å². The summed E-state index contributed by atoms with van der Waals surface area (Å²) in [5.74, 6) is 0.176. The van der Waals surface area contributed by atoms with E-state index in [2.05, 4.69) is 5.43 Å². The summed E-state index contributed by atoms with van der Waals surface area (Å²) < 4.78 is 0.666. The highest BCUT2D eigenvalue weighted by Crippen LogP contribution is 2.54. The van der Waals surface area contributed by atoms with Gasteiger partial charge in [0.2, 0.25) is 0 Å². The van der Waals surface area contributed by atoms with Crippen molar-refractivity contribution in [3.8, 4) is 0 Å². The Hall–Kier alpha value is -1.79. The van der Waals surface area contributed by atoms with E-state index in [0.717, 1.165) is 34.8 Å². The van der Waals surface area contributed by atoms with Gasteiger partial charge in [-0.1, -0.05) is 18.5 Å². The highest BCUT2D eigenvalue weighted by atomic mass is 35.5. The number of aliphatic carboxylic acids is 1. The van der Waals surface area contributed by atoms with E-state index in [4.69, 9.17) is 16.6 Å². The van der Waals surface area contributed by atoms with Gasteiger partial charge < -0.3 is 10.5 Å². The van der Waals surface area contributed by atoms with Crippen LogP contribution in [0, 0.1) is 5.92 Å². The molecule has 3 aliphatic rings. The quantitative estimate of drug-likeness (QED) is 0.858. The lowest BCUT2D eigenvalue weighted by Crippen LogP contribution is -2.42. The summed E-state index contributed by atoms with van der Waals surface area (Å²) in [4.78, 5) is 18.0. The number of hydrazine groups is 1. The first kappa shape index (κ1) is 15.7. The minimum Gasteiger partial charge on any atom is -0.478 e. The third-order valence-electron chi connectivity index (χ3n) is 5.03. The van der Waals surface area contributed by atoms with Gasteiger partial charge >= 0.3 is 5.97 Å². The van der Waals surface area contributed by atoms with Crippen LogP contribution in [0.25, 0.3) is 0 Å². The van der Waals surface area contributed by atoms with Crippen molar-refractivity contribution in [1.82, 2.24) is 10.4 Å². The zero-order chi connectivity index (χ0) is 17.1. The van der Waals surface area contributed by atoms with Crippen molar-refractivity contribution >= 4 is 34.7 Å². The highest BCUT2D eigenvalue weighted by molar-refractivity contribution is 7.16. The number of aliphatic imine (C=N–C) groups is 1. The zero-order valence-corrected chi connectivity index (χ0v) is 15.0. The second-order valence-electron chi connectivity index (χ2n) is 6.38. The molecule has 3 heterocycles. The maximum absolute atomic E-state index is 12.3. The molecule has 0 bridgehead atoms. The lowest BCUT2D eigenvalue weighted by Gasteiger charge is -2.38. The molecule has 2 N–H and O–H groups in total. The first-order chi connectivity index (χ1) is 11.5. The fourth-order valence-electron chi connectivity index (χ4n) is 3.73. The van der Waals surface area contributed by atoms with Crippen LogP contribution in [0.4, 0.5) is 0 Å². The van der Waals surface area contributed by atoms with Crippen LogP contribution < -0.4 is 5.43 Å². The lowest BCUT2D eigenvalue weighted by molar-refractivity contribution is -0.133. The molecule has 1 atom stereocenters. The molecule has 4 rings (SSSR count). The number of halogens is 1. The number of amidine groups is 1. The van der Waals surface area contributed by atoms with E-state index in [0.29, 0.717) is 16.3 Å². The Labute approximate surface area is 149 Å². The Morgan fingerprint density at radius 3 is 2.83 bits per heavy atom. The van der Waals surface area contributed by atoms with Crippen molar-refractivity contribution in [2.75, 3.05) is 7.05 Å². The van der Waals surface area contributed by atoms with Gasteiger partial charge in [0.1, 0.15) is 0 Å². The molecule has 0 spiro atoms. The molecule has 1 unspecified atom stereocenters. The first-order valence-corrected chi connectivity index (χ1v) is 9.21. The van der Waals surface area contributed by atoms with E-state index in [1.54, 1.807) is 0 Å². The molecular formula is C17H18ClN3O2S. The predicted octanol–water partition coefficient (Wildman–Crippen LogP) is 3.54. The molecule has 2 aliphatic heterocycles. The van der Waals surface area contributed by atoms with Crippen molar-refractivity contribution in [3.63, 3.8) is 0 Å². The minimum atomic E-state index is -0.887. The van der Waals surface area contributed by atoms with E-state index >= 15 is 0 Å².